The number of fused-ring (bicyclic) bond motifs is 3. The normalized spacial score (nSPS) is 14.6. The van der Waals surface area contributed by atoms with E-state index in [1.165, 1.54) is 16.9 Å². The molecular formula is C15H15N3O2S. The van der Waals surface area contributed by atoms with Crippen LogP contribution in [0.5, 0.6) is 0 Å². The van der Waals surface area contributed by atoms with E-state index in [4.69, 9.17) is 4.52 Å². The van der Waals surface area contributed by atoms with Crippen LogP contribution in [0.15, 0.2) is 9.32 Å². The number of aromatic amines is 1. The maximum Gasteiger partial charge on any atom is 0.260 e. The Bertz CT molecular complexity index is 884. The van der Waals surface area contributed by atoms with Crippen LogP contribution in [0.4, 0.5) is 0 Å². The zero-order chi connectivity index (χ0) is 14.6. The van der Waals surface area contributed by atoms with E-state index in [1.807, 2.05) is 13.8 Å². The number of nitrogens with zero attached hydrogens (tertiary/aromatic N) is 2. The highest BCUT2D eigenvalue weighted by atomic mass is 32.1. The van der Waals surface area contributed by atoms with Gasteiger partial charge in [0.1, 0.15) is 16.4 Å². The number of H-pyrrole nitrogens is 1. The third kappa shape index (κ3) is 1.86. The molecule has 4 rings (SSSR count). The second kappa shape index (κ2) is 4.53. The molecular weight excluding hydrogens is 286 g/mol. The zero-order valence-electron chi connectivity index (χ0n) is 11.9. The van der Waals surface area contributed by atoms with Crippen molar-refractivity contribution in [1.82, 2.24) is 15.1 Å². The molecule has 0 saturated carbocycles. The molecule has 0 bridgehead atoms. The predicted octanol–water partition coefficient (Wildman–Crippen LogP) is 3.14. The van der Waals surface area contributed by atoms with Gasteiger partial charge in [-0.3, -0.25) is 4.79 Å². The highest BCUT2D eigenvalue weighted by Crippen LogP contribution is 2.34. The van der Waals surface area contributed by atoms with Gasteiger partial charge in [-0.1, -0.05) is 5.16 Å². The lowest BCUT2D eigenvalue weighted by Gasteiger charge is -2.09. The summed E-state index contributed by atoms with van der Waals surface area (Å²) in [5.41, 5.74) is 2.70. The number of nitrogens with one attached hydrogen (secondary N) is 1. The average Bonchev–Trinajstić information content (AvgIpc) is 2.99. The van der Waals surface area contributed by atoms with Crippen LogP contribution in [-0.2, 0) is 12.8 Å². The molecule has 6 heteroatoms. The third-order valence-corrected chi connectivity index (χ3v) is 5.28. The molecule has 0 aliphatic heterocycles. The van der Waals surface area contributed by atoms with E-state index in [0.717, 1.165) is 40.7 Å². The van der Waals surface area contributed by atoms with E-state index in [0.29, 0.717) is 11.6 Å². The summed E-state index contributed by atoms with van der Waals surface area (Å²) in [6, 6.07) is 0. The van der Waals surface area contributed by atoms with E-state index in [1.54, 1.807) is 11.3 Å². The molecule has 0 amide bonds. The Morgan fingerprint density at radius 3 is 2.81 bits per heavy atom. The maximum atomic E-state index is 12.5. The van der Waals surface area contributed by atoms with Gasteiger partial charge in [-0.2, -0.15) is 0 Å². The van der Waals surface area contributed by atoms with E-state index >= 15 is 0 Å². The predicted molar refractivity (Wildman–Crippen MR) is 81.9 cm³/mol. The summed E-state index contributed by atoms with van der Waals surface area (Å²) in [5.74, 6) is 1.23. The van der Waals surface area contributed by atoms with Crippen molar-refractivity contribution in [3.05, 3.63) is 32.2 Å². The van der Waals surface area contributed by atoms with E-state index in [2.05, 4.69) is 15.1 Å². The molecule has 21 heavy (non-hydrogen) atoms. The summed E-state index contributed by atoms with van der Waals surface area (Å²) in [6.45, 7) is 3.69. The van der Waals surface area contributed by atoms with Crippen molar-refractivity contribution in [2.24, 2.45) is 0 Å². The van der Waals surface area contributed by atoms with Gasteiger partial charge in [0.15, 0.2) is 0 Å². The van der Waals surface area contributed by atoms with Crippen molar-refractivity contribution in [2.75, 3.05) is 0 Å². The Kier molecular flexibility index (Phi) is 2.75. The van der Waals surface area contributed by atoms with E-state index in [-0.39, 0.29) is 5.56 Å². The second-order valence-corrected chi connectivity index (χ2v) is 6.59. The van der Waals surface area contributed by atoms with Crippen molar-refractivity contribution in [1.29, 1.82) is 0 Å². The van der Waals surface area contributed by atoms with Crippen LogP contribution in [0.25, 0.3) is 21.6 Å². The van der Waals surface area contributed by atoms with Crippen LogP contribution in [0.3, 0.4) is 0 Å². The van der Waals surface area contributed by atoms with Crippen molar-refractivity contribution in [3.8, 4) is 11.4 Å². The smallest absolute Gasteiger partial charge is 0.260 e. The summed E-state index contributed by atoms with van der Waals surface area (Å²) in [5, 5.41) is 4.72. The molecule has 0 spiro atoms. The number of hydrogen-bond acceptors (Lipinski definition) is 5. The highest BCUT2D eigenvalue weighted by molar-refractivity contribution is 7.18. The molecule has 0 saturated heterocycles. The average molecular weight is 301 g/mol. The van der Waals surface area contributed by atoms with Crippen molar-refractivity contribution >= 4 is 21.6 Å². The minimum Gasteiger partial charge on any atom is -0.361 e. The van der Waals surface area contributed by atoms with E-state index < -0.39 is 0 Å². The minimum atomic E-state index is -0.0469. The van der Waals surface area contributed by atoms with Gasteiger partial charge < -0.3 is 9.51 Å². The third-order valence-electron chi connectivity index (χ3n) is 4.10. The molecule has 0 fully saturated rings. The molecule has 1 aliphatic carbocycles. The standard InChI is InChI=1S/C15H15N3O2S/c1-7-11(8(2)20-18-7)13-16-14(19)12-9-5-3-4-6-10(9)21-15(12)17-13/h3-6H2,1-2H3,(H,16,17,19). The van der Waals surface area contributed by atoms with Gasteiger partial charge in [-0.05, 0) is 45.1 Å². The fourth-order valence-corrected chi connectivity index (χ4v) is 4.37. The fourth-order valence-electron chi connectivity index (χ4n) is 3.10. The van der Waals surface area contributed by atoms with Crippen molar-refractivity contribution in [2.45, 2.75) is 39.5 Å². The molecule has 0 radical (unpaired) electrons. The van der Waals surface area contributed by atoms with Crippen LogP contribution in [0.1, 0.15) is 34.7 Å². The molecule has 3 aromatic heterocycles. The van der Waals surface area contributed by atoms with Crippen LogP contribution in [0.2, 0.25) is 0 Å². The van der Waals surface area contributed by atoms with Gasteiger partial charge in [0, 0.05) is 4.88 Å². The summed E-state index contributed by atoms with van der Waals surface area (Å²) < 4.78 is 5.17. The van der Waals surface area contributed by atoms with Crippen LogP contribution >= 0.6 is 11.3 Å². The minimum absolute atomic E-state index is 0.0469. The van der Waals surface area contributed by atoms with Gasteiger partial charge in [-0.15, -0.1) is 11.3 Å². The Labute approximate surface area is 125 Å². The molecule has 1 N–H and O–H groups in total. The van der Waals surface area contributed by atoms with Crippen LogP contribution in [-0.4, -0.2) is 15.1 Å². The van der Waals surface area contributed by atoms with Crippen LogP contribution < -0.4 is 5.56 Å². The Balaban J connectivity index is 2.00. The second-order valence-electron chi connectivity index (χ2n) is 5.50. The van der Waals surface area contributed by atoms with Gasteiger partial charge in [-0.25, -0.2) is 4.98 Å². The number of thiophene rings is 1. The quantitative estimate of drug-likeness (QED) is 0.749. The lowest BCUT2D eigenvalue weighted by atomic mass is 9.97. The molecule has 1 aliphatic rings. The molecule has 0 atom stereocenters. The molecule has 5 nitrogen and oxygen atoms in total. The topological polar surface area (TPSA) is 71.8 Å². The first-order chi connectivity index (χ1) is 10.1. The van der Waals surface area contributed by atoms with Crippen molar-refractivity contribution in [3.63, 3.8) is 0 Å². The van der Waals surface area contributed by atoms with E-state index in [9.17, 15) is 4.79 Å². The molecule has 3 heterocycles. The van der Waals surface area contributed by atoms with Gasteiger partial charge in [0.25, 0.3) is 5.56 Å². The first-order valence-corrected chi connectivity index (χ1v) is 7.94. The molecule has 108 valence electrons. The molecule has 0 unspecified atom stereocenters. The number of aryl methyl sites for hydroxylation is 4. The highest BCUT2D eigenvalue weighted by Gasteiger charge is 2.21. The number of aromatic nitrogens is 3. The first kappa shape index (κ1) is 12.8. The Morgan fingerprint density at radius 1 is 1.24 bits per heavy atom. The summed E-state index contributed by atoms with van der Waals surface area (Å²) in [4.78, 5) is 22.2. The Hall–Kier alpha value is -1.95. The first-order valence-electron chi connectivity index (χ1n) is 7.13. The lowest BCUT2D eigenvalue weighted by Crippen LogP contribution is -2.11. The molecule has 0 aromatic carbocycles. The summed E-state index contributed by atoms with van der Waals surface area (Å²) in [6.07, 6.45) is 4.42. The SMILES string of the molecule is Cc1noc(C)c1-c1nc2sc3c(c2c(=O)[nH]1)CCCC3. The number of rotatable bonds is 1. The van der Waals surface area contributed by atoms with Gasteiger partial charge in [0.05, 0.1) is 16.6 Å². The van der Waals surface area contributed by atoms with Gasteiger partial charge >= 0.3 is 0 Å². The summed E-state index contributed by atoms with van der Waals surface area (Å²) >= 11 is 1.65. The van der Waals surface area contributed by atoms with Crippen molar-refractivity contribution < 1.29 is 4.52 Å². The maximum absolute atomic E-state index is 12.5. The number of hydrogen-bond donors (Lipinski definition) is 1. The fraction of sp³-hybridized carbons (Fsp3) is 0.400. The van der Waals surface area contributed by atoms with Gasteiger partial charge in [0.2, 0.25) is 0 Å². The summed E-state index contributed by atoms with van der Waals surface area (Å²) in [7, 11) is 0. The lowest BCUT2D eigenvalue weighted by molar-refractivity contribution is 0.393. The van der Waals surface area contributed by atoms with Crippen LogP contribution in [0, 0.1) is 13.8 Å². The zero-order valence-corrected chi connectivity index (χ0v) is 12.8. The Morgan fingerprint density at radius 2 is 2.05 bits per heavy atom. The monoisotopic (exact) mass is 301 g/mol. The molecule has 3 aromatic rings. The largest absolute Gasteiger partial charge is 0.361 e.